The van der Waals surface area contributed by atoms with Crippen molar-refractivity contribution in [2.75, 3.05) is 5.32 Å². The molecule has 4 rings (SSSR count). The van der Waals surface area contributed by atoms with Crippen LogP contribution in [0.4, 0.5) is 18.9 Å². The molecule has 0 radical (unpaired) electrons. The lowest BCUT2D eigenvalue weighted by Gasteiger charge is -2.15. The van der Waals surface area contributed by atoms with E-state index >= 15 is 0 Å². The van der Waals surface area contributed by atoms with Crippen LogP contribution in [-0.2, 0) is 17.5 Å². The van der Waals surface area contributed by atoms with E-state index in [2.05, 4.69) is 15.5 Å². The molecule has 1 aliphatic carbocycles. The van der Waals surface area contributed by atoms with Gasteiger partial charge in [-0.2, -0.15) is 23.4 Å². The lowest BCUT2D eigenvalue weighted by molar-refractivity contribution is -0.141. The second-order valence-electron chi connectivity index (χ2n) is 7.39. The van der Waals surface area contributed by atoms with E-state index in [9.17, 15) is 18.0 Å². The number of amides is 1. The smallest absolute Gasteiger partial charge is 0.322 e. The molecule has 1 aliphatic rings. The SMILES string of the molecule is CC(C(=O)Nc1cnn(Cc2cccc(Cl)c2)c1)n1nc(C(F)(F)F)cc1C1CC1. The molecule has 0 spiro atoms. The van der Waals surface area contributed by atoms with E-state index in [1.807, 2.05) is 18.2 Å². The van der Waals surface area contributed by atoms with Gasteiger partial charge in [-0.05, 0) is 43.5 Å². The minimum atomic E-state index is -4.55. The molecule has 10 heteroatoms. The minimum Gasteiger partial charge on any atom is -0.322 e. The van der Waals surface area contributed by atoms with Crippen LogP contribution in [0.2, 0.25) is 5.02 Å². The zero-order chi connectivity index (χ0) is 21.5. The normalized spacial score (nSPS) is 15.2. The van der Waals surface area contributed by atoms with Crippen molar-refractivity contribution in [2.45, 2.75) is 44.4 Å². The maximum Gasteiger partial charge on any atom is 0.435 e. The van der Waals surface area contributed by atoms with Gasteiger partial charge in [0.15, 0.2) is 5.69 Å². The van der Waals surface area contributed by atoms with Gasteiger partial charge >= 0.3 is 6.18 Å². The van der Waals surface area contributed by atoms with E-state index in [1.165, 1.54) is 17.8 Å². The second kappa shape index (κ2) is 7.79. The van der Waals surface area contributed by atoms with Gasteiger partial charge in [0.2, 0.25) is 5.91 Å². The van der Waals surface area contributed by atoms with Crippen molar-refractivity contribution >= 4 is 23.2 Å². The number of nitrogens with one attached hydrogen (secondary N) is 1. The van der Waals surface area contributed by atoms with Crippen molar-refractivity contribution in [3.05, 3.63) is 64.7 Å². The number of carbonyl (C=O) groups is 1. The molecule has 30 heavy (non-hydrogen) atoms. The summed E-state index contributed by atoms with van der Waals surface area (Å²) in [5, 5.41) is 11.2. The molecule has 3 aromatic rings. The predicted octanol–water partition coefficient (Wildman–Crippen LogP) is 4.88. The summed E-state index contributed by atoms with van der Waals surface area (Å²) >= 11 is 5.98. The summed E-state index contributed by atoms with van der Waals surface area (Å²) < 4.78 is 42.1. The molecule has 1 unspecified atom stereocenters. The molecular formula is C20H19ClF3N5O. The molecule has 0 aliphatic heterocycles. The van der Waals surface area contributed by atoms with E-state index < -0.39 is 23.8 Å². The van der Waals surface area contributed by atoms with Crippen LogP contribution in [0.5, 0.6) is 0 Å². The third-order valence-electron chi connectivity index (χ3n) is 4.93. The summed E-state index contributed by atoms with van der Waals surface area (Å²) in [7, 11) is 0. The van der Waals surface area contributed by atoms with E-state index in [4.69, 9.17) is 11.6 Å². The Hall–Kier alpha value is -2.81. The highest BCUT2D eigenvalue weighted by molar-refractivity contribution is 6.30. The number of hydrogen-bond donors (Lipinski definition) is 1. The van der Waals surface area contributed by atoms with Gasteiger partial charge in [0.25, 0.3) is 0 Å². The third kappa shape index (κ3) is 4.51. The lowest BCUT2D eigenvalue weighted by Crippen LogP contribution is -2.26. The Morgan fingerprint density at radius 1 is 1.33 bits per heavy atom. The number of halogens is 4. The number of nitrogens with zero attached hydrogens (tertiary/aromatic N) is 4. The fraction of sp³-hybridized carbons (Fsp3) is 0.350. The molecule has 1 fully saturated rings. The maximum atomic E-state index is 13.1. The number of carbonyl (C=O) groups excluding carboxylic acids is 1. The fourth-order valence-corrected chi connectivity index (χ4v) is 3.45. The van der Waals surface area contributed by atoms with Crippen molar-refractivity contribution < 1.29 is 18.0 Å². The zero-order valence-electron chi connectivity index (χ0n) is 16.0. The number of benzene rings is 1. The van der Waals surface area contributed by atoms with Crippen LogP contribution in [0.25, 0.3) is 0 Å². The van der Waals surface area contributed by atoms with Crippen LogP contribution in [0, 0.1) is 0 Å². The number of rotatable bonds is 6. The van der Waals surface area contributed by atoms with Crippen molar-refractivity contribution in [1.29, 1.82) is 0 Å². The van der Waals surface area contributed by atoms with Crippen LogP contribution in [-0.4, -0.2) is 25.5 Å². The molecule has 158 valence electrons. The molecule has 0 saturated heterocycles. The predicted molar refractivity (Wildman–Crippen MR) is 105 cm³/mol. The van der Waals surface area contributed by atoms with Gasteiger partial charge in [-0.15, -0.1) is 0 Å². The molecule has 1 N–H and O–H groups in total. The molecular weight excluding hydrogens is 419 g/mol. The Morgan fingerprint density at radius 2 is 2.10 bits per heavy atom. The molecule has 6 nitrogen and oxygen atoms in total. The highest BCUT2D eigenvalue weighted by Gasteiger charge is 2.39. The Bertz CT molecular complexity index is 1070. The van der Waals surface area contributed by atoms with Crippen LogP contribution < -0.4 is 5.32 Å². The van der Waals surface area contributed by atoms with Crippen molar-refractivity contribution in [3.8, 4) is 0 Å². The first kappa shape index (κ1) is 20.5. The zero-order valence-corrected chi connectivity index (χ0v) is 16.8. The Morgan fingerprint density at radius 3 is 2.77 bits per heavy atom. The Balaban J connectivity index is 1.47. The van der Waals surface area contributed by atoms with Crippen LogP contribution in [0.1, 0.15) is 48.7 Å². The molecule has 1 aromatic carbocycles. The first-order chi connectivity index (χ1) is 14.2. The van der Waals surface area contributed by atoms with Gasteiger partial charge in [0.1, 0.15) is 6.04 Å². The van der Waals surface area contributed by atoms with Gasteiger partial charge in [-0.1, -0.05) is 23.7 Å². The van der Waals surface area contributed by atoms with Gasteiger partial charge in [0.05, 0.1) is 18.4 Å². The molecule has 0 bridgehead atoms. The number of alkyl halides is 3. The second-order valence-corrected chi connectivity index (χ2v) is 7.83. The highest BCUT2D eigenvalue weighted by Crippen LogP contribution is 2.43. The average molecular weight is 438 g/mol. The van der Waals surface area contributed by atoms with Gasteiger partial charge in [-0.3, -0.25) is 14.2 Å². The summed E-state index contributed by atoms with van der Waals surface area (Å²) in [5.41, 5.74) is 0.868. The number of aromatic nitrogens is 4. The van der Waals surface area contributed by atoms with Crippen LogP contribution >= 0.6 is 11.6 Å². The Kier molecular flexibility index (Phi) is 5.31. The standard InChI is InChI=1S/C20H19ClF3N5O/c1-12(29-17(14-5-6-14)8-18(27-29)20(22,23)24)19(30)26-16-9-25-28(11-16)10-13-3-2-4-15(21)7-13/h2-4,7-9,11-12,14H,5-6,10H2,1H3,(H,26,30). The molecule has 1 saturated carbocycles. The quantitative estimate of drug-likeness (QED) is 0.598. The molecule has 2 heterocycles. The molecule has 1 amide bonds. The highest BCUT2D eigenvalue weighted by atomic mass is 35.5. The van der Waals surface area contributed by atoms with E-state index in [0.717, 1.165) is 24.5 Å². The summed E-state index contributed by atoms with van der Waals surface area (Å²) in [6, 6.07) is 7.49. The fourth-order valence-electron chi connectivity index (χ4n) is 3.24. The Labute approximate surface area is 175 Å². The maximum absolute atomic E-state index is 13.1. The summed E-state index contributed by atoms with van der Waals surface area (Å²) in [6.45, 7) is 2.00. The number of anilines is 1. The van der Waals surface area contributed by atoms with Crippen LogP contribution in [0.3, 0.4) is 0 Å². The number of hydrogen-bond acceptors (Lipinski definition) is 3. The van der Waals surface area contributed by atoms with E-state index in [1.54, 1.807) is 16.9 Å². The summed E-state index contributed by atoms with van der Waals surface area (Å²) in [6.07, 6.45) is 0.187. The van der Waals surface area contributed by atoms with Gasteiger partial charge in [0, 0.05) is 22.8 Å². The van der Waals surface area contributed by atoms with E-state index in [0.29, 0.717) is 22.9 Å². The van der Waals surface area contributed by atoms with Crippen LogP contribution in [0.15, 0.2) is 42.7 Å². The third-order valence-corrected chi connectivity index (χ3v) is 5.17. The first-order valence-electron chi connectivity index (χ1n) is 9.45. The first-order valence-corrected chi connectivity index (χ1v) is 9.83. The van der Waals surface area contributed by atoms with Gasteiger partial charge < -0.3 is 5.32 Å². The lowest BCUT2D eigenvalue weighted by atomic mass is 10.2. The molecule has 1 atom stereocenters. The van der Waals surface area contributed by atoms with Gasteiger partial charge in [-0.25, -0.2) is 0 Å². The van der Waals surface area contributed by atoms with Crippen molar-refractivity contribution in [2.24, 2.45) is 0 Å². The average Bonchev–Trinajstić information content (AvgIpc) is 3.26. The summed E-state index contributed by atoms with van der Waals surface area (Å²) in [5.74, 6) is -0.444. The monoisotopic (exact) mass is 437 g/mol. The van der Waals surface area contributed by atoms with Crippen molar-refractivity contribution in [3.63, 3.8) is 0 Å². The summed E-state index contributed by atoms with van der Waals surface area (Å²) in [4.78, 5) is 12.7. The van der Waals surface area contributed by atoms with E-state index in [-0.39, 0.29) is 5.92 Å². The molecule has 2 aromatic heterocycles. The van der Waals surface area contributed by atoms with Crippen molar-refractivity contribution in [1.82, 2.24) is 19.6 Å². The minimum absolute atomic E-state index is 0.0179. The largest absolute Gasteiger partial charge is 0.435 e. The topological polar surface area (TPSA) is 64.7 Å².